The predicted octanol–water partition coefficient (Wildman–Crippen LogP) is 4.74. The van der Waals surface area contributed by atoms with Crippen molar-refractivity contribution in [1.82, 2.24) is 5.43 Å². The van der Waals surface area contributed by atoms with E-state index in [2.05, 4.69) is 15.8 Å². The minimum absolute atomic E-state index is 0.173. The molecule has 0 fully saturated rings. The molecular weight excluding hydrogens is 414 g/mol. The van der Waals surface area contributed by atoms with Crippen molar-refractivity contribution in [1.29, 1.82) is 0 Å². The first kappa shape index (κ1) is 22.1. The van der Waals surface area contributed by atoms with Crippen LogP contribution in [-0.2, 0) is 4.79 Å². The molecule has 2 N–H and O–H groups in total. The molecule has 0 saturated carbocycles. The SMILES string of the molecule is Cc1ccc(C(=O)N/N=C/c2ccc(OCC(=O)Nc3ccccc3C)c(Cl)c2)cc1. The zero-order valence-corrected chi connectivity index (χ0v) is 17.9. The van der Waals surface area contributed by atoms with Crippen LogP contribution in [0.2, 0.25) is 5.02 Å². The van der Waals surface area contributed by atoms with Crippen LogP contribution in [0.4, 0.5) is 5.69 Å². The quantitative estimate of drug-likeness (QED) is 0.415. The summed E-state index contributed by atoms with van der Waals surface area (Å²) in [5.41, 5.74) is 6.44. The number of anilines is 1. The van der Waals surface area contributed by atoms with Gasteiger partial charge in [0.2, 0.25) is 0 Å². The van der Waals surface area contributed by atoms with Gasteiger partial charge in [-0.2, -0.15) is 5.10 Å². The summed E-state index contributed by atoms with van der Waals surface area (Å²) in [6.45, 7) is 3.69. The number of carbonyl (C=O) groups excluding carboxylic acids is 2. The molecule has 0 aliphatic carbocycles. The number of hydrogen-bond acceptors (Lipinski definition) is 4. The number of rotatable bonds is 7. The smallest absolute Gasteiger partial charge is 0.271 e. The van der Waals surface area contributed by atoms with E-state index in [0.717, 1.165) is 16.8 Å². The van der Waals surface area contributed by atoms with E-state index >= 15 is 0 Å². The number of carbonyl (C=O) groups is 2. The summed E-state index contributed by atoms with van der Waals surface area (Å²) in [4.78, 5) is 24.2. The zero-order chi connectivity index (χ0) is 22.2. The van der Waals surface area contributed by atoms with E-state index in [1.54, 1.807) is 30.3 Å². The van der Waals surface area contributed by atoms with Gasteiger partial charge in [-0.05, 0) is 61.4 Å². The van der Waals surface area contributed by atoms with Gasteiger partial charge in [-0.1, -0.05) is 47.5 Å². The zero-order valence-electron chi connectivity index (χ0n) is 17.2. The first-order chi connectivity index (χ1) is 14.9. The molecule has 0 spiro atoms. The van der Waals surface area contributed by atoms with Crippen LogP contribution in [0.15, 0.2) is 71.8 Å². The Kier molecular flexibility index (Phi) is 7.40. The van der Waals surface area contributed by atoms with Gasteiger partial charge in [0.1, 0.15) is 5.75 Å². The fourth-order valence-corrected chi connectivity index (χ4v) is 2.94. The predicted molar refractivity (Wildman–Crippen MR) is 123 cm³/mol. The average Bonchev–Trinajstić information content (AvgIpc) is 2.75. The molecule has 3 rings (SSSR count). The third kappa shape index (κ3) is 6.42. The van der Waals surface area contributed by atoms with Crippen molar-refractivity contribution >= 4 is 35.3 Å². The Morgan fingerprint density at radius 1 is 1.03 bits per heavy atom. The Morgan fingerprint density at radius 2 is 1.77 bits per heavy atom. The molecule has 31 heavy (non-hydrogen) atoms. The van der Waals surface area contributed by atoms with Crippen LogP contribution in [0.1, 0.15) is 27.0 Å². The highest BCUT2D eigenvalue weighted by Gasteiger charge is 2.08. The van der Waals surface area contributed by atoms with Crippen molar-refractivity contribution in [3.63, 3.8) is 0 Å². The van der Waals surface area contributed by atoms with E-state index in [0.29, 0.717) is 21.9 Å². The number of ether oxygens (including phenoxy) is 1. The van der Waals surface area contributed by atoms with Gasteiger partial charge in [-0.25, -0.2) is 5.43 Å². The first-order valence-corrected chi connectivity index (χ1v) is 9.98. The molecule has 3 aromatic rings. The Morgan fingerprint density at radius 3 is 2.48 bits per heavy atom. The summed E-state index contributed by atoms with van der Waals surface area (Å²) in [7, 11) is 0. The lowest BCUT2D eigenvalue weighted by Crippen LogP contribution is -2.20. The number of para-hydroxylation sites is 1. The summed E-state index contributed by atoms with van der Waals surface area (Å²) in [5, 5.41) is 7.08. The van der Waals surface area contributed by atoms with Crippen molar-refractivity contribution in [2.24, 2.45) is 5.10 Å². The molecule has 0 atom stereocenters. The second-order valence-corrected chi connectivity index (χ2v) is 7.31. The fraction of sp³-hybridized carbons (Fsp3) is 0.125. The summed E-state index contributed by atoms with van der Waals surface area (Å²) in [5.74, 6) is -0.209. The molecule has 0 aromatic heterocycles. The number of amides is 2. The Balaban J connectivity index is 1.52. The van der Waals surface area contributed by atoms with Crippen LogP contribution in [-0.4, -0.2) is 24.6 Å². The van der Waals surface area contributed by atoms with Gasteiger partial charge in [0.25, 0.3) is 11.8 Å². The molecule has 0 unspecified atom stereocenters. The summed E-state index contributed by atoms with van der Waals surface area (Å²) in [6, 6.07) is 19.7. The number of nitrogens with one attached hydrogen (secondary N) is 2. The third-order valence-electron chi connectivity index (χ3n) is 4.43. The van der Waals surface area contributed by atoms with E-state index in [4.69, 9.17) is 16.3 Å². The summed E-state index contributed by atoms with van der Waals surface area (Å²) in [6.07, 6.45) is 1.48. The molecule has 0 aliphatic heterocycles. The Hall–Kier alpha value is -3.64. The molecule has 158 valence electrons. The van der Waals surface area contributed by atoms with Gasteiger partial charge in [0, 0.05) is 11.3 Å². The highest BCUT2D eigenvalue weighted by atomic mass is 35.5. The van der Waals surface area contributed by atoms with Gasteiger partial charge in [0.05, 0.1) is 11.2 Å². The highest BCUT2D eigenvalue weighted by molar-refractivity contribution is 6.32. The van der Waals surface area contributed by atoms with Crippen molar-refractivity contribution in [2.45, 2.75) is 13.8 Å². The number of hydrazone groups is 1. The molecule has 0 heterocycles. The topological polar surface area (TPSA) is 79.8 Å². The lowest BCUT2D eigenvalue weighted by Gasteiger charge is -2.10. The number of aryl methyl sites for hydroxylation is 2. The largest absolute Gasteiger partial charge is 0.482 e. The molecule has 6 nitrogen and oxygen atoms in total. The number of benzene rings is 3. The molecule has 3 aromatic carbocycles. The van der Waals surface area contributed by atoms with Crippen molar-refractivity contribution in [3.8, 4) is 5.75 Å². The molecule has 0 saturated heterocycles. The van der Waals surface area contributed by atoms with Crippen LogP contribution in [0.3, 0.4) is 0 Å². The van der Waals surface area contributed by atoms with Crippen molar-refractivity contribution < 1.29 is 14.3 Å². The van der Waals surface area contributed by atoms with Crippen LogP contribution < -0.4 is 15.5 Å². The number of nitrogens with zero attached hydrogens (tertiary/aromatic N) is 1. The fourth-order valence-electron chi connectivity index (χ4n) is 2.69. The second kappa shape index (κ2) is 10.4. The standard InChI is InChI=1S/C24H22ClN3O3/c1-16-7-10-19(11-8-16)24(30)28-26-14-18-9-12-22(20(25)13-18)31-15-23(29)27-21-6-4-3-5-17(21)2/h3-14H,15H2,1-2H3,(H,27,29)(H,28,30)/b26-14+. The average molecular weight is 436 g/mol. The van der Waals surface area contributed by atoms with E-state index in [1.165, 1.54) is 6.21 Å². The minimum atomic E-state index is -0.304. The number of halogens is 1. The van der Waals surface area contributed by atoms with E-state index < -0.39 is 0 Å². The normalized spacial score (nSPS) is 10.7. The van der Waals surface area contributed by atoms with E-state index in [1.807, 2.05) is 50.2 Å². The first-order valence-electron chi connectivity index (χ1n) is 9.60. The van der Waals surface area contributed by atoms with Gasteiger partial charge in [-0.3, -0.25) is 9.59 Å². The third-order valence-corrected chi connectivity index (χ3v) is 4.72. The van der Waals surface area contributed by atoms with Crippen LogP contribution >= 0.6 is 11.6 Å². The van der Waals surface area contributed by atoms with Crippen LogP contribution in [0, 0.1) is 13.8 Å². The van der Waals surface area contributed by atoms with Crippen molar-refractivity contribution in [3.05, 3.63) is 94.0 Å². The second-order valence-electron chi connectivity index (χ2n) is 6.91. The van der Waals surface area contributed by atoms with Gasteiger partial charge in [0.15, 0.2) is 6.61 Å². The van der Waals surface area contributed by atoms with Crippen LogP contribution in [0.5, 0.6) is 5.75 Å². The Bertz CT molecular complexity index is 1110. The monoisotopic (exact) mass is 435 g/mol. The maximum absolute atomic E-state index is 12.1. The van der Waals surface area contributed by atoms with Crippen molar-refractivity contribution in [2.75, 3.05) is 11.9 Å². The van der Waals surface area contributed by atoms with Crippen LogP contribution in [0.25, 0.3) is 0 Å². The van der Waals surface area contributed by atoms with E-state index in [-0.39, 0.29) is 18.4 Å². The Labute approximate surface area is 185 Å². The van der Waals surface area contributed by atoms with Gasteiger partial charge < -0.3 is 10.1 Å². The lowest BCUT2D eigenvalue weighted by atomic mass is 10.1. The molecule has 0 aliphatic rings. The summed E-state index contributed by atoms with van der Waals surface area (Å²) < 4.78 is 5.52. The lowest BCUT2D eigenvalue weighted by molar-refractivity contribution is -0.118. The van der Waals surface area contributed by atoms with Gasteiger partial charge in [-0.15, -0.1) is 0 Å². The maximum Gasteiger partial charge on any atom is 0.271 e. The number of hydrogen-bond donors (Lipinski definition) is 2. The highest BCUT2D eigenvalue weighted by Crippen LogP contribution is 2.25. The molecule has 2 amide bonds. The summed E-state index contributed by atoms with van der Waals surface area (Å²) >= 11 is 6.24. The molecule has 0 radical (unpaired) electrons. The maximum atomic E-state index is 12.1. The minimum Gasteiger partial charge on any atom is -0.482 e. The molecular formula is C24H22ClN3O3. The van der Waals surface area contributed by atoms with Gasteiger partial charge >= 0.3 is 0 Å². The molecule has 0 bridgehead atoms. The molecule has 7 heteroatoms. The van der Waals surface area contributed by atoms with E-state index in [9.17, 15) is 9.59 Å².